The van der Waals surface area contributed by atoms with Gasteiger partial charge in [0, 0.05) is 0 Å². The van der Waals surface area contributed by atoms with Crippen LogP contribution in [0.25, 0.3) is 0 Å². The Kier molecular flexibility index (Phi) is 4.76. The first kappa shape index (κ1) is 10.5. The van der Waals surface area contributed by atoms with Gasteiger partial charge in [0.25, 0.3) is 0 Å². The van der Waals surface area contributed by atoms with Crippen LogP contribution in [0, 0.1) is 0 Å². The number of unbranched alkanes of at least 4 members (excludes halogenated alkanes) is 1. The second-order valence-electron chi connectivity index (χ2n) is 3.03. The van der Waals surface area contributed by atoms with Gasteiger partial charge in [0.2, 0.25) is 0 Å². The van der Waals surface area contributed by atoms with Crippen LogP contribution < -0.4 is 4.74 Å². The molecule has 0 heterocycles. The van der Waals surface area contributed by atoms with Crippen molar-refractivity contribution in [2.45, 2.75) is 31.6 Å². The van der Waals surface area contributed by atoms with E-state index in [1.807, 2.05) is 30.3 Å². The van der Waals surface area contributed by atoms with E-state index >= 15 is 0 Å². The van der Waals surface area contributed by atoms with Crippen LogP contribution in [-0.4, -0.2) is 5.44 Å². The van der Waals surface area contributed by atoms with E-state index < -0.39 is 0 Å². The van der Waals surface area contributed by atoms with Crippen molar-refractivity contribution in [1.29, 1.82) is 0 Å². The maximum Gasteiger partial charge on any atom is 0.141 e. The molecule has 72 valence electrons. The number of thiol groups is 1. The molecule has 1 aromatic carbocycles. The molecule has 0 N–H and O–H groups in total. The van der Waals surface area contributed by atoms with E-state index in [1.54, 1.807) is 0 Å². The highest BCUT2D eigenvalue weighted by Gasteiger charge is 2.02. The van der Waals surface area contributed by atoms with Gasteiger partial charge >= 0.3 is 0 Å². The van der Waals surface area contributed by atoms with Crippen LogP contribution >= 0.6 is 12.6 Å². The van der Waals surface area contributed by atoms with Crippen molar-refractivity contribution in [2.75, 3.05) is 0 Å². The van der Waals surface area contributed by atoms with Crippen molar-refractivity contribution in [3.05, 3.63) is 30.3 Å². The van der Waals surface area contributed by atoms with E-state index in [0.29, 0.717) is 0 Å². The summed E-state index contributed by atoms with van der Waals surface area (Å²) >= 11 is 4.35. The van der Waals surface area contributed by atoms with Gasteiger partial charge < -0.3 is 4.74 Å². The van der Waals surface area contributed by atoms with Crippen LogP contribution in [0.3, 0.4) is 0 Å². The largest absolute Gasteiger partial charge is 0.480 e. The van der Waals surface area contributed by atoms with Crippen molar-refractivity contribution in [2.24, 2.45) is 0 Å². The average molecular weight is 196 g/mol. The Bertz CT molecular complexity index is 223. The maximum absolute atomic E-state index is 5.58. The zero-order chi connectivity index (χ0) is 9.52. The molecule has 1 atom stereocenters. The third-order valence-corrected chi connectivity index (χ3v) is 2.18. The quantitative estimate of drug-likeness (QED) is 0.560. The lowest BCUT2D eigenvalue weighted by Crippen LogP contribution is -2.08. The van der Waals surface area contributed by atoms with Gasteiger partial charge in [0.05, 0.1) is 0 Å². The fraction of sp³-hybridized carbons (Fsp3) is 0.455. The highest BCUT2D eigenvalue weighted by atomic mass is 32.1. The number of ether oxygens (including phenoxy) is 1. The van der Waals surface area contributed by atoms with Gasteiger partial charge in [0.1, 0.15) is 11.2 Å². The molecule has 1 unspecified atom stereocenters. The molecule has 0 aliphatic carbocycles. The van der Waals surface area contributed by atoms with Gasteiger partial charge in [-0.05, 0) is 25.0 Å². The van der Waals surface area contributed by atoms with E-state index in [1.165, 1.54) is 12.8 Å². The van der Waals surface area contributed by atoms with E-state index in [9.17, 15) is 0 Å². The molecule has 0 aromatic heterocycles. The molecule has 0 aliphatic rings. The van der Waals surface area contributed by atoms with Crippen LogP contribution in [-0.2, 0) is 0 Å². The second-order valence-corrected chi connectivity index (χ2v) is 3.60. The fourth-order valence-corrected chi connectivity index (χ4v) is 1.40. The van der Waals surface area contributed by atoms with E-state index in [0.717, 1.165) is 12.2 Å². The molecule has 0 radical (unpaired) electrons. The molecule has 0 bridgehead atoms. The van der Waals surface area contributed by atoms with E-state index in [2.05, 4.69) is 19.6 Å². The predicted molar refractivity (Wildman–Crippen MR) is 59.4 cm³/mol. The molecular formula is C11H16OS. The maximum atomic E-state index is 5.58. The number of para-hydroxylation sites is 1. The monoisotopic (exact) mass is 196 g/mol. The molecular weight excluding hydrogens is 180 g/mol. The zero-order valence-corrected chi connectivity index (χ0v) is 8.84. The van der Waals surface area contributed by atoms with Gasteiger partial charge in [-0.15, -0.1) is 12.6 Å². The van der Waals surface area contributed by atoms with Crippen molar-refractivity contribution in [3.8, 4) is 5.75 Å². The molecule has 1 rings (SSSR count). The lowest BCUT2D eigenvalue weighted by Gasteiger charge is -2.12. The number of benzene rings is 1. The summed E-state index contributed by atoms with van der Waals surface area (Å²) in [6, 6.07) is 9.82. The van der Waals surface area contributed by atoms with E-state index in [-0.39, 0.29) is 5.44 Å². The fourth-order valence-electron chi connectivity index (χ4n) is 1.09. The molecule has 0 aliphatic heterocycles. The number of hydrogen-bond acceptors (Lipinski definition) is 2. The Morgan fingerprint density at radius 1 is 1.31 bits per heavy atom. The zero-order valence-electron chi connectivity index (χ0n) is 7.94. The van der Waals surface area contributed by atoms with E-state index in [4.69, 9.17) is 4.74 Å². The van der Waals surface area contributed by atoms with Crippen LogP contribution in [0.4, 0.5) is 0 Å². The third kappa shape index (κ3) is 4.23. The molecule has 1 nitrogen and oxygen atoms in total. The predicted octanol–water partition coefficient (Wildman–Crippen LogP) is 3.51. The molecule has 0 fully saturated rings. The molecule has 0 saturated carbocycles. The summed E-state index contributed by atoms with van der Waals surface area (Å²) in [5, 5.41) is 0. The summed E-state index contributed by atoms with van der Waals surface area (Å²) in [5.41, 5.74) is 0.0300. The molecule has 0 spiro atoms. The van der Waals surface area contributed by atoms with Crippen LogP contribution in [0.2, 0.25) is 0 Å². The molecule has 1 aromatic rings. The minimum Gasteiger partial charge on any atom is -0.480 e. The normalized spacial score (nSPS) is 12.5. The summed E-state index contributed by atoms with van der Waals surface area (Å²) in [4.78, 5) is 0. The van der Waals surface area contributed by atoms with Crippen molar-refractivity contribution in [3.63, 3.8) is 0 Å². The van der Waals surface area contributed by atoms with Crippen LogP contribution in [0.15, 0.2) is 30.3 Å². The Labute approximate surface area is 85.5 Å². The highest BCUT2D eigenvalue weighted by molar-refractivity contribution is 7.80. The van der Waals surface area contributed by atoms with Crippen molar-refractivity contribution < 1.29 is 4.74 Å². The Balaban J connectivity index is 2.32. The lowest BCUT2D eigenvalue weighted by molar-refractivity contribution is 0.275. The number of hydrogen-bond donors (Lipinski definition) is 1. The lowest BCUT2D eigenvalue weighted by atomic mass is 10.2. The minimum atomic E-state index is 0.0300. The smallest absolute Gasteiger partial charge is 0.141 e. The first-order valence-electron chi connectivity index (χ1n) is 4.72. The van der Waals surface area contributed by atoms with Crippen molar-refractivity contribution >= 4 is 12.6 Å². The van der Waals surface area contributed by atoms with Gasteiger partial charge in [-0.1, -0.05) is 31.5 Å². The molecule has 2 heteroatoms. The highest BCUT2D eigenvalue weighted by Crippen LogP contribution is 2.15. The molecule has 13 heavy (non-hydrogen) atoms. The first-order valence-corrected chi connectivity index (χ1v) is 5.24. The summed E-state index contributed by atoms with van der Waals surface area (Å²) in [6.07, 6.45) is 3.37. The van der Waals surface area contributed by atoms with Gasteiger partial charge in [-0.2, -0.15) is 0 Å². The third-order valence-electron chi connectivity index (χ3n) is 1.82. The summed E-state index contributed by atoms with van der Waals surface area (Å²) < 4.78 is 5.58. The Hall–Kier alpha value is -0.630. The Morgan fingerprint density at radius 3 is 2.62 bits per heavy atom. The van der Waals surface area contributed by atoms with Crippen molar-refractivity contribution in [1.82, 2.24) is 0 Å². The topological polar surface area (TPSA) is 9.23 Å². The summed E-state index contributed by atoms with van der Waals surface area (Å²) in [6.45, 7) is 2.17. The average Bonchev–Trinajstić information content (AvgIpc) is 2.16. The SMILES string of the molecule is CCCCC(S)Oc1ccccc1. The summed E-state index contributed by atoms with van der Waals surface area (Å²) in [7, 11) is 0. The van der Waals surface area contributed by atoms with Gasteiger partial charge in [-0.3, -0.25) is 0 Å². The van der Waals surface area contributed by atoms with Gasteiger partial charge in [-0.25, -0.2) is 0 Å². The second kappa shape index (κ2) is 5.92. The van der Waals surface area contributed by atoms with Gasteiger partial charge in [0.15, 0.2) is 0 Å². The minimum absolute atomic E-state index is 0.0300. The summed E-state index contributed by atoms with van der Waals surface area (Å²) in [5.74, 6) is 0.901. The molecule has 0 saturated heterocycles. The first-order chi connectivity index (χ1) is 6.33. The number of rotatable bonds is 5. The Morgan fingerprint density at radius 2 is 2.00 bits per heavy atom. The standard InChI is InChI=1S/C11H16OS/c1-2-3-9-11(13)12-10-7-5-4-6-8-10/h4-8,11,13H,2-3,9H2,1H3. The van der Waals surface area contributed by atoms with Crippen LogP contribution in [0.5, 0.6) is 5.75 Å². The van der Waals surface area contributed by atoms with Crippen LogP contribution in [0.1, 0.15) is 26.2 Å². The molecule has 0 amide bonds.